The van der Waals surface area contributed by atoms with Gasteiger partial charge in [-0.2, -0.15) is 0 Å². The average Bonchev–Trinajstić information content (AvgIpc) is 2.61. The molecular weight excluding hydrogens is 347 g/mol. The summed E-state index contributed by atoms with van der Waals surface area (Å²) in [7, 11) is 1.61. The van der Waals surface area contributed by atoms with Gasteiger partial charge in [-0.15, -0.1) is 0 Å². The van der Waals surface area contributed by atoms with E-state index in [1.165, 1.54) is 23.1 Å². The van der Waals surface area contributed by atoms with Crippen LogP contribution in [-0.4, -0.2) is 43.5 Å². The van der Waals surface area contributed by atoms with Gasteiger partial charge >= 0.3 is 0 Å². The van der Waals surface area contributed by atoms with E-state index in [2.05, 4.69) is 5.32 Å². The van der Waals surface area contributed by atoms with Gasteiger partial charge in [0.25, 0.3) is 5.91 Å². The fourth-order valence-corrected chi connectivity index (χ4v) is 2.10. The van der Waals surface area contributed by atoms with E-state index in [4.69, 9.17) is 16.3 Å². The van der Waals surface area contributed by atoms with Gasteiger partial charge in [0, 0.05) is 17.6 Å². The number of carbonyl (C=O) groups excluding carboxylic acids is 2. The first-order valence-electron chi connectivity index (χ1n) is 7.62. The molecule has 0 fully saturated rings. The number of nitrogens with zero attached hydrogens (tertiary/aromatic N) is 1. The van der Waals surface area contributed by atoms with E-state index in [9.17, 15) is 14.0 Å². The van der Waals surface area contributed by atoms with E-state index >= 15 is 0 Å². The molecule has 25 heavy (non-hydrogen) atoms. The van der Waals surface area contributed by atoms with Crippen LogP contribution in [0.2, 0.25) is 5.02 Å². The van der Waals surface area contributed by atoms with Crippen LogP contribution in [0, 0.1) is 5.82 Å². The van der Waals surface area contributed by atoms with Crippen LogP contribution in [0.25, 0.3) is 0 Å². The SMILES string of the molecule is CN(CCOc1ccc(Cl)cc1)C(=O)CNC(=O)c1cccc(F)c1. The Labute approximate surface area is 150 Å². The lowest BCUT2D eigenvalue weighted by molar-refractivity contribution is -0.129. The summed E-state index contributed by atoms with van der Waals surface area (Å²) in [5, 5.41) is 3.09. The first-order chi connectivity index (χ1) is 12.0. The Morgan fingerprint density at radius 3 is 2.60 bits per heavy atom. The number of rotatable bonds is 7. The first kappa shape index (κ1) is 18.7. The van der Waals surface area contributed by atoms with Crippen molar-refractivity contribution in [1.82, 2.24) is 10.2 Å². The predicted molar refractivity (Wildman–Crippen MR) is 93.3 cm³/mol. The topological polar surface area (TPSA) is 58.6 Å². The summed E-state index contributed by atoms with van der Waals surface area (Å²) >= 11 is 5.79. The van der Waals surface area contributed by atoms with E-state index in [-0.39, 0.29) is 18.0 Å². The third-order valence-corrected chi connectivity index (χ3v) is 3.67. The molecule has 0 saturated carbocycles. The van der Waals surface area contributed by atoms with E-state index in [1.54, 1.807) is 31.3 Å². The fraction of sp³-hybridized carbons (Fsp3) is 0.222. The predicted octanol–water partition coefficient (Wildman–Crippen LogP) is 2.75. The van der Waals surface area contributed by atoms with Gasteiger partial charge in [-0.25, -0.2) is 4.39 Å². The van der Waals surface area contributed by atoms with E-state index in [0.717, 1.165) is 6.07 Å². The van der Waals surface area contributed by atoms with Gasteiger partial charge in [0.1, 0.15) is 18.2 Å². The molecule has 0 radical (unpaired) electrons. The highest BCUT2D eigenvalue weighted by Gasteiger charge is 2.12. The number of halogens is 2. The molecule has 7 heteroatoms. The van der Waals surface area contributed by atoms with E-state index < -0.39 is 11.7 Å². The van der Waals surface area contributed by atoms with Gasteiger partial charge in [-0.05, 0) is 42.5 Å². The number of carbonyl (C=O) groups is 2. The monoisotopic (exact) mass is 364 g/mol. The lowest BCUT2D eigenvalue weighted by Crippen LogP contribution is -2.39. The molecule has 0 saturated heterocycles. The highest BCUT2D eigenvalue weighted by atomic mass is 35.5. The van der Waals surface area contributed by atoms with Gasteiger partial charge < -0.3 is 15.0 Å². The van der Waals surface area contributed by atoms with Gasteiger partial charge in [-0.1, -0.05) is 17.7 Å². The van der Waals surface area contributed by atoms with Crippen LogP contribution in [0.5, 0.6) is 5.75 Å². The Bertz CT molecular complexity index is 737. The minimum Gasteiger partial charge on any atom is -0.492 e. The molecule has 5 nitrogen and oxygen atoms in total. The number of amides is 2. The average molecular weight is 365 g/mol. The molecule has 2 aromatic carbocycles. The molecule has 0 aliphatic rings. The summed E-state index contributed by atoms with van der Waals surface area (Å²) in [6, 6.07) is 12.2. The standard InChI is InChI=1S/C18H18ClFN2O3/c1-22(9-10-25-16-7-5-14(19)6-8-16)17(23)12-21-18(24)13-3-2-4-15(20)11-13/h2-8,11H,9-10,12H2,1H3,(H,21,24). The molecule has 0 aliphatic heterocycles. The second-order valence-electron chi connectivity index (χ2n) is 5.31. The van der Waals surface area contributed by atoms with Crippen molar-refractivity contribution in [1.29, 1.82) is 0 Å². The lowest BCUT2D eigenvalue weighted by atomic mass is 10.2. The zero-order valence-corrected chi connectivity index (χ0v) is 14.4. The summed E-state index contributed by atoms with van der Waals surface area (Å²) in [5.41, 5.74) is 0.168. The van der Waals surface area contributed by atoms with Gasteiger partial charge in [-0.3, -0.25) is 9.59 Å². The van der Waals surface area contributed by atoms with Crippen molar-refractivity contribution in [3.63, 3.8) is 0 Å². The normalized spacial score (nSPS) is 10.2. The second-order valence-corrected chi connectivity index (χ2v) is 5.75. The van der Waals surface area contributed by atoms with Crippen LogP contribution >= 0.6 is 11.6 Å². The summed E-state index contributed by atoms with van der Waals surface area (Å²) < 4.78 is 18.6. The molecule has 0 heterocycles. The largest absolute Gasteiger partial charge is 0.492 e. The summed E-state index contributed by atoms with van der Waals surface area (Å²) in [4.78, 5) is 25.3. The summed E-state index contributed by atoms with van der Waals surface area (Å²) in [6.45, 7) is 0.492. The van der Waals surface area contributed by atoms with Crippen LogP contribution in [-0.2, 0) is 4.79 Å². The number of ether oxygens (including phenoxy) is 1. The van der Waals surface area contributed by atoms with Gasteiger partial charge in [0.15, 0.2) is 0 Å². The molecule has 0 atom stereocenters. The minimum atomic E-state index is -0.504. The molecule has 2 amide bonds. The Balaban J connectivity index is 1.72. The maximum Gasteiger partial charge on any atom is 0.251 e. The number of nitrogens with one attached hydrogen (secondary N) is 1. The number of hydrogen-bond acceptors (Lipinski definition) is 3. The molecule has 0 aromatic heterocycles. The van der Waals surface area contributed by atoms with Crippen LogP contribution in [0.4, 0.5) is 4.39 Å². The van der Waals surface area contributed by atoms with E-state index in [0.29, 0.717) is 23.9 Å². The van der Waals surface area contributed by atoms with E-state index in [1.807, 2.05) is 0 Å². The van der Waals surface area contributed by atoms with Crippen LogP contribution in [0.15, 0.2) is 48.5 Å². The van der Waals surface area contributed by atoms with Crippen LogP contribution in [0.1, 0.15) is 10.4 Å². The number of hydrogen-bond donors (Lipinski definition) is 1. The van der Waals surface area contributed by atoms with Crippen molar-refractivity contribution in [3.8, 4) is 5.75 Å². The molecule has 132 valence electrons. The third-order valence-electron chi connectivity index (χ3n) is 3.42. The molecule has 0 bridgehead atoms. The summed E-state index contributed by atoms with van der Waals surface area (Å²) in [5.74, 6) is -0.622. The van der Waals surface area contributed by atoms with Crippen molar-refractivity contribution in [3.05, 3.63) is 64.9 Å². The molecule has 2 aromatic rings. The van der Waals surface area contributed by atoms with Crippen LogP contribution < -0.4 is 10.1 Å². The zero-order chi connectivity index (χ0) is 18.2. The van der Waals surface area contributed by atoms with Crippen molar-refractivity contribution in [2.24, 2.45) is 0 Å². The lowest BCUT2D eigenvalue weighted by Gasteiger charge is -2.18. The van der Waals surface area contributed by atoms with Crippen molar-refractivity contribution in [2.75, 3.05) is 26.7 Å². The second kappa shape index (κ2) is 9.03. The minimum absolute atomic E-state index is 0.168. The zero-order valence-electron chi connectivity index (χ0n) is 13.7. The molecule has 1 N–H and O–H groups in total. The smallest absolute Gasteiger partial charge is 0.251 e. The van der Waals surface area contributed by atoms with Gasteiger partial charge in [0.2, 0.25) is 5.91 Å². The number of benzene rings is 2. The highest BCUT2D eigenvalue weighted by Crippen LogP contribution is 2.15. The highest BCUT2D eigenvalue weighted by molar-refractivity contribution is 6.30. The molecule has 0 spiro atoms. The first-order valence-corrected chi connectivity index (χ1v) is 7.99. The van der Waals surface area contributed by atoms with Crippen molar-refractivity contribution in [2.45, 2.75) is 0 Å². The van der Waals surface area contributed by atoms with Crippen LogP contribution in [0.3, 0.4) is 0 Å². The molecule has 2 rings (SSSR count). The summed E-state index contributed by atoms with van der Waals surface area (Å²) in [6.07, 6.45) is 0. The molecular formula is C18H18ClFN2O3. The van der Waals surface area contributed by atoms with Crippen molar-refractivity contribution >= 4 is 23.4 Å². The quantitative estimate of drug-likeness (QED) is 0.821. The Hall–Kier alpha value is -2.60. The Kier molecular flexibility index (Phi) is 6.77. The Morgan fingerprint density at radius 2 is 1.92 bits per heavy atom. The Morgan fingerprint density at radius 1 is 1.20 bits per heavy atom. The molecule has 0 unspecified atom stereocenters. The maximum absolute atomic E-state index is 13.1. The maximum atomic E-state index is 13.1. The number of likely N-dealkylation sites (N-methyl/N-ethyl adjacent to an activating group) is 1. The third kappa shape index (κ3) is 6.08. The van der Waals surface area contributed by atoms with Gasteiger partial charge in [0.05, 0.1) is 13.1 Å². The molecule has 0 aliphatic carbocycles. The fourth-order valence-electron chi connectivity index (χ4n) is 1.98. The van der Waals surface area contributed by atoms with Crippen molar-refractivity contribution < 1.29 is 18.7 Å².